The van der Waals surface area contributed by atoms with E-state index in [0.29, 0.717) is 13.2 Å². The standard InChI is InChI=1S/C19H32N2O3/c1-4-10-21(11-5-2)19(23)17-15-8-7-14(13-15)16(17)18(22)20-9-6-12-24-3/h7-8,14-17H,4-6,9-13H2,1-3H3,(H,20,22). The van der Waals surface area contributed by atoms with Gasteiger partial charge in [0.25, 0.3) is 0 Å². The van der Waals surface area contributed by atoms with Gasteiger partial charge in [0.15, 0.2) is 0 Å². The van der Waals surface area contributed by atoms with Crippen molar-refractivity contribution in [2.75, 3.05) is 33.4 Å². The Kier molecular flexibility index (Phi) is 7.28. The number of hydrogen-bond donors (Lipinski definition) is 1. The number of carbonyl (C=O) groups is 2. The molecule has 5 nitrogen and oxygen atoms in total. The predicted octanol–water partition coefficient (Wildman–Crippen LogP) is 2.23. The zero-order valence-electron chi connectivity index (χ0n) is 15.3. The van der Waals surface area contributed by atoms with E-state index in [1.165, 1.54) is 0 Å². The van der Waals surface area contributed by atoms with E-state index in [-0.39, 0.29) is 35.5 Å². The maximum absolute atomic E-state index is 13.1. The highest BCUT2D eigenvalue weighted by Gasteiger charge is 2.52. The number of fused-ring (bicyclic) bond motifs is 2. The number of ether oxygens (including phenoxy) is 1. The molecule has 5 heteroatoms. The van der Waals surface area contributed by atoms with Crippen molar-refractivity contribution in [2.45, 2.75) is 39.5 Å². The average molecular weight is 336 g/mol. The maximum Gasteiger partial charge on any atom is 0.227 e. The van der Waals surface area contributed by atoms with Crippen LogP contribution in [0.2, 0.25) is 0 Å². The Labute approximate surface area is 145 Å². The first-order valence-electron chi connectivity index (χ1n) is 9.37. The molecular weight excluding hydrogens is 304 g/mol. The SMILES string of the molecule is CCCN(CCC)C(=O)C1C2C=CC(C2)C1C(=O)NCCCOC. The lowest BCUT2D eigenvalue weighted by molar-refractivity contribution is -0.142. The van der Waals surface area contributed by atoms with Crippen LogP contribution in [0.3, 0.4) is 0 Å². The molecule has 2 aliphatic rings. The summed E-state index contributed by atoms with van der Waals surface area (Å²) in [5, 5.41) is 3.01. The van der Waals surface area contributed by atoms with Gasteiger partial charge in [0.2, 0.25) is 11.8 Å². The summed E-state index contributed by atoms with van der Waals surface area (Å²) in [6.45, 7) is 7.00. The van der Waals surface area contributed by atoms with Gasteiger partial charge >= 0.3 is 0 Å². The lowest BCUT2D eigenvalue weighted by atomic mass is 9.81. The molecule has 136 valence electrons. The number of carbonyl (C=O) groups excluding carboxylic acids is 2. The summed E-state index contributed by atoms with van der Waals surface area (Å²) in [7, 11) is 1.66. The van der Waals surface area contributed by atoms with E-state index in [9.17, 15) is 9.59 Å². The van der Waals surface area contributed by atoms with Gasteiger partial charge in [-0.05, 0) is 37.5 Å². The maximum atomic E-state index is 13.1. The molecule has 1 N–H and O–H groups in total. The van der Waals surface area contributed by atoms with Crippen molar-refractivity contribution in [3.05, 3.63) is 12.2 Å². The number of amides is 2. The summed E-state index contributed by atoms with van der Waals surface area (Å²) in [5.41, 5.74) is 0. The topological polar surface area (TPSA) is 58.6 Å². The van der Waals surface area contributed by atoms with Crippen LogP contribution >= 0.6 is 0 Å². The molecule has 0 aromatic carbocycles. The molecule has 1 saturated carbocycles. The van der Waals surface area contributed by atoms with Crippen LogP contribution in [0, 0.1) is 23.7 Å². The molecule has 0 saturated heterocycles. The van der Waals surface area contributed by atoms with Crippen LogP contribution in [0.5, 0.6) is 0 Å². The summed E-state index contributed by atoms with van der Waals surface area (Å²) >= 11 is 0. The molecule has 0 aromatic rings. The smallest absolute Gasteiger partial charge is 0.227 e. The molecule has 2 bridgehead atoms. The van der Waals surface area contributed by atoms with E-state index in [0.717, 1.165) is 38.8 Å². The van der Waals surface area contributed by atoms with Crippen molar-refractivity contribution in [2.24, 2.45) is 23.7 Å². The largest absolute Gasteiger partial charge is 0.385 e. The van der Waals surface area contributed by atoms with Crippen molar-refractivity contribution in [1.29, 1.82) is 0 Å². The highest BCUT2D eigenvalue weighted by atomic mass is 16.5. The second-order valence-electron chi connectivity index (χ2n) is 6.96. The highest BCUT2D eigenvalue weighted by molar-refractivity contribution is 5.89. The first-order chi connectivity index (χ1) is 11.6. The van der Waals surface area contributed by atoms with Crippen LogP contribution in [0.15, 0.2) is 12.2 Å². The third kappa shape index (κ3) is 4.18. The minimum absolute atomic E-state index is 0.0363. The van der Waals surface area contributed by atoms with Crippen LogP contribution in [0.25, 0.3) is 0 Å². The van der Waals surface area contributed by atoms with E-state index in [1.54, 1.807) is 7.11 Å². The second-order valence-corrected chi connectivity index (χ2v) is 6.96. The molecule has 2 aliphatic carbocycles. The monoisotopic (exact) mass is 336 g/mol. The molecule has 0 spiro atoms. The van der Waals surface area contributed by atoms with Gasteiger partial charge in [-0.25, -0.2) is 0 Å². The van der Waals surface area contributed by atoms with Gasteiger partial charge in [-0.15, -0.1) is 0 Å². The fraction of sp³-hybridized carbons (Fsp3) is 0.789. The van der Waals surface area contributed by atoms with Crippen LogP contribution in [0.1, 0.15) is 39.5 Å². The molecule has 0 heterocycles. The number of methoxy groups -OCH3 is 1. The zero-order chi connectivity index (χ0) is 17.5. The van der Waals surface area contributed by atoms with Gasteiger partial charge < -0.3 is 15.0 Å². The molecule has 2 rings (SSSR count). The normalized spacial score (nSPS) is 27.5. The Morgan fingerprint density at radius 3 is 2.33 bits per heavy atom. The van der Waals surface area contributed by atoms with E-state index in [2.05, 4.69) is 31.3 Å². The molecule has 0 radical (unpaired) electrons. The molecular formula is C19H32N2O3. The van der Waals surface area contributed by atoms with Crippen LogP contribution in [0.4, 0.5) is 0 Å². The van der Waals surface area contributed by atoms with E-state index >= 15 is 0 Å². The summed E-state index contributed by atoms with van der Waals surface area (Å²) < 4.78 is 5.02. The summed E-state index contributed by atoms with van der Waals surface area (Å²) in [4.78, 5) is 27.8. The van der Waals surface area contributed by atoms with Crippen molar-refractivity contribution in [3.63, 3.8) is 0 Å². The van der Waals surface area contributed by atoms with E-state index in [4.69, 9.17) is 4.74 Å². The predicted molar refractivity (Wildman–Crippen MR) is 94.4 cm³/mol. The first-order valence-corrected chi connectivity index (χ1v) is 9.37. The fourth-order valence-corrected chi connectivity index (χ4v) is 4.15. The molecule has 4 unspecified atom stereocenters. The summed E-state index contributed by atoms with van der Waals surface area (Å²) in [5.74, 6) is 0.276. The Balaban J connectivity index is 2.04. The van der Waals surface area contributed by atoms with Crippen molar-refractivity contribution < 1.29 is 14.3 Å². The van der Waals surface area contributed by atoms with E-state index in [1.807, 2.05) is 4.90 Å². The average Bonchev–Trinajstić information content (AvgIpc) is 3.19. The Bertz CT molecular complexity index is 458. The zero-order valence-corrected chi connectivity index (χ0v) is 15.3. The highest BCUT2D eigenvalue weighted by Crippen LogP contribution is 2.48. The molecule has 2 amide bonds. The number of allylic oxidation sites excluding steroid dienone is 2. The minimum atomic E-state index is -0.203. The Morgan fingerprint density at radius 1 is 1.12 bits per heavy atom. The molecule has 24 heavy (non-hydrogen) atoms. The summed E-state index contributed by atoms with van der Waals surface area (Å²) in [6, 6.07) is 0. The fourth-order valence-electron chi connectivity index (χ4n) is 4.15. The van der Waals surface area contributed by atoms with Crippen LogP contribution in [-0.4, -0.2) is 50.1 Å². The van der Waals surface area contributed by atoms with Crippen LogP contribution in [-0.2, 0) is 14.3 Å². The lowest BCUT2D eigenvalue weighted by Crippen LogP contribution is -2.46. The quantitative estimate of drug-likeness (QED) is 0.492. The van der Waals surface area contributed by atoms with Crippen molar-refractivity contribution in [3.8, 4) is 0 Å². The second kappa shape index (κ2) is 9.21. The summed E-state index contributed by atoms with van der Waals surface area (Å²) in [6.07, 6.45) is 7.94. The minimum Gasteiger partial charge on any atom is -0.385 e. The Hall–Kier alpha value is -1.36. The molecule has 4 atom stereocenters. The number of hydrogen-bond acceptors (Lipinski definition) is 3. The first kappa shape index (κ1) is 19.0. The molecule has 1 fully saturated rings. The van der Waals surface area contributed by atoms with Gasteiger partial charge in [-0.2, -0.15) is 0 Å². The van der Waals surface area contributed by atoms with E-state index < -0.39 is 0 Å². The van der Waals surface area contributed by atoms with Crippen molar-refractivity contribution >= 4 is 11.8 Å². The van der Waals surface area contributed by atoms with Gasteiger partial charge in [0.05, 0.1) is 11.8 Å². The van der Waals surface area contributed by atoms with Crippen LogP contribution < -0.4 is 5.32 Å². The lowest BCUT2D eigenvalue weighted by Gasteiger charge is -2.32. The third-order valence-electron chi connectivity index (χ3n) is 5.17. The number of nitrogens with zero attached hydrogens (tertiary/aromatic N) is 1. The number of nitrogens with one attached hydrogen (secondary N) is 1. The van der Waals surface area contributed by atoms with Crippen molar-refractivity contribution in [1.82, 2.24) is 10.2 Å². The van der Waals surface area contributed by atoms with Gasteiger partial charge in [0.1, 0.15) is 0 Å². The van der Waals surface area contributed by atoms with Gasteiger partial charge in [0, 0.05) is 33.4 Å². The molecule has 0 aliphatic heterocycles. The van der Waals surface area contributed by atoms with Gasteiger partial charge in [-0.3, -0.25) is 9.59 Å². The Morgan fingerprint density at radius 2 is 1.75 bits per heavy atom. The molecule has 0 aromatic heterocycles. The van der Waals surface area contributed by atoms with Gasteiger partial charge in [-0.1, -0.05) is 26.0 Å². The third-order valence-corrected chi connectivity index (χ3v) is 5.17. The number of rotatable bonds is 10.